The Balaban J connectivity index is 1.84. The van der Waals surface area contributed by atoms with Crippen LogP contribution >= 0.6 is 11.6 Å². The molecule has 0 spiro atoms. The topological polar surface area (TPSA) is 117 Å². The van der Waals surface area contributed by atoms with Crippen LogP contribution in [0.1, 0.15) is 21.7 Å². The molecule has 0 unspecified atom stereocenters. The second-order valence-corrected chi connectivity index (χ2v) is 6.03. The molecular weight excluding hydrogens is 374 g/mol. The highest BCUT2D eigenvalue weighted by Crippen LogP contribution is 2.29. The van der Waals surface area contributed by atoms with Gasteiger partial charge in [-0.1, -0.05) is 28.9 Å². The molecule has 0 aliphatic rings. The molecule has 3 rings (SSSR count). The monoisotopic (exact) mass is 389 g/mol. The molecule has 0 radical (unpaired) electrons. The van der Waals surface area contributed by atoms with Crippen molar-refractivity contribution in [1.82, 2.24) is 15.5 Å². The van der Waals surface area contributed by atoms with E-state index in [1.54, 1.807) is 31.2 Å². The van der Waals surface area contributed by atoms with Crippen LogP contribution in [0.15, 0.2) is 41.1 Å². The number of carbonyl (C=O) groups is 2. The zero-order chi connectivity index (χ0) is 19.4. The lowest BCUT2D eigenvalue weighted by Crippen LogP contribution is -2.29. The van der Waals surface area contributed by atoms with Crippen molar-refractivity contribution in [2.24, 2.45) is 0 Å². The molecule has 0 bridgehead atoms. The summed E-state index contributed by atoms with van der Waals surface area (Å²) in [5, 5.41) is 15.6. The Kier molecular flexibility index (Phi) is 5.58. The van der Waals surface area contributed by atoms with Gasteiger partial charge in [-0.2, -0.15) is 0 Å². The van der Waals surface area contributed by atoms with Gasteiger partial charge >= 0.3 is 6.09 Å². The Bertz CT molecular complexity index is 962. The average molecular weight is 390 g/mol. The van der Waals surface area contributed by atoms with E-state index in [0.29, 0.717) is 27.6 Å². The fourth-order valence-corrected chi connectivity index (χ4v) is 2.57. The number of hydrogen-bond acceptors (Lipinski definition) is 6. The number of aromatic nitrogens is 2. The minimum atomic E-state index is -0.743. The molecule has 27 heavy (non-hydrogen) atoms. The number of halogens is 1. The Morgan fingerprint density at radius 3 is 2.78 bits per heavy atom. The molecule has 0 aliphatic carbocycles. The molecule has 3 aromatic rings. The van der Waals surface area contributed by atoms with E-state index in [0.717, 1.165) is 0 Å². The summed E-state index contributed by atoms with van der Waals surface area (Å²) in [7, 11) is 0. The summed E-state index contributed by atoms with van der Waals surface area (Å²) in [6.45, 7) is 1.51. The molecular formula is C18H16ClN3O5. The maximum atomic E-state index is 12.9. The molecule has 0 aliphatic heterocycles. The molecule has 1 aromatic carbocycles. The van der Waals surface area contributed by atoms with Gasteiger partial charge in [0.1, 0.15) is 11.5 Å². The van der Waals surface area contributed by atoms with Crippen LogP contribution in [0.25, 0.3) is 11.3 Å². The second-order valence-electron chi connectivity index (χ2n) is 5.59. The van der Waals surface area contributed by atoms with Crippen LogP contribution in [0.2, 0.25) is 5.02 Å². The van der Waals surface area contributed by atoms with Crippen molar-refractivity contribution in [1.29, 1.82) is 0 Å². The Labute approximate surface area is 159 Å². The summed E-state index contributed by atoms with van der Waals surface area (Å²) >= 11 is 5.90. The normalized spacial score (nSPS) is 10.6. The molecule has 8 nitrogen and oxygen atoms in total. The zero-order valence-corrected chi connectivity index (χ0v) is 15.0. The summed E-state index contributed by atoms with van der Waals surface area (Å²) in [5.74, 6) is 0.130. The molecule has 0 saturated heterocycles. The lowest BCUT2D eigenvalue weighted by Gasteiger charge is -2.02. The highest BCUT2D eigenvalue weighted by Gasteiger charge is 2.24. The van der Waals surface area contributed by atoms with Crippen molar-refractivity contribution in [3.05, 3.63) is 58.4 Å². The van der Waals surface area contributed by atoms with Crippen LogP contribution in [0, 0.1) is 6.92 Å². The number of amides is 1. The predicted octanol–water partition coefficient (Wildman–Crippen LogP) is 2.94. The van der Waals surface area contributed by atoms with Crippen LogP contribution < -0.4 is 10.1 Å². The van der Waals surface area contributed by atoms with E-state index < -0.39 is 6.09 Å². The van der Waals surface area contributed by atoms with Gasteiger partial charge in [-0.15, -0.1) is 0 Å². The second kappa shape index (κ2) is 8.07. The third kappa shape index (κ3) is 4.18. The number of benzene rings is 1. The first-order valence-electron chi connectivity index (χ1n) is 8.01. The van der Waals surface area contributed by atoms with E-state index in [-0.39, 0.29) is 30.4 Å². The highest BCUT2D eigenvalue weighted by atomic mass is 35.5. The van der Waals surface area contributed by atoms with Gasteiger partial charge in [0.15, 0.2) is 0 Å². The number of nitrogens with one attached hydrogen (secondary N) is 2. The summed E-state index contributed by atoms with van der Waals surface area (Å²) in [6, 6.07) is 8.28. The number of nitrogens with zero attached hydrogens (tertiary/aromatic N) is 1. The van der Waals surface area contributed by atoms with E-state index >= 15 is 0 Å². The smallest absolute Gasteiger partial charge is 0.395 e. The number of H-pyrrole nitrogens is 1. The van der Waals surface area contributed by atoms with E-state index in [1.807, 2.05) is 0 Å². The highest BCUT2D eigenvalue weighted by molar-refractivity contribution is 6.30. The van der Waals surface area contributed by atoms with E-state index in [9.17, 15) is 9.59 Å². The number of ether oxygens (including phenoxy) is 1. The number of aliphatic hydroxyl groups is 1. The first kappa shape index (κ1) is 18.7. The van der Waals surface area contributed by atoms with Crippen LogP contribution in [-0.4, -0.2) is 40.3 Å². The summed E-state index contributed by atoms with van der Waals surface area (Å²) in [5.41, 5.74) is 1.68. The van der Waals surface area contributed by atoms with Gasteiger partial charge in [-0.25, -0.2) is 4.79 Å². The fourth-order valence-electron chi connectivity index (χ4n) is 2.45. The first-order valence-corrected chi connectivity index (χ1v) is 8.39. The number of rotatable bonds is 6. The van der Waals surface area contributed by atoms with Crippen LogP contribution in [0.4, 0.5) is 4.79 Å². The minimum Gasteiger partial charge on any atom is -0.395 e. The molecule has 2 aromatic heterocycles. The number of aryl methyl sites for hydroxylation is 1. The molecule has 0 fully saturated rings. The van der Waals surface area contributed by atoms with Gasteiger partial charge in [0.25, 0.3) is 0 Å². The maximum absolute atomic E-state index is 12.9. The molecule has 9 heteroatoms. The SMILES string of the molecule is Cc1onc(-c2ccc(Cl)cc2)c1C(=O)c1c[nH]c(OC(=O)NCCO)c1. The number of aromatic amines is 1. The fraction of sp³-hybridized carbons (Fsp3) is 0.167. The number of hydrogen-bond donors (Lipinski definition) is 3. The van der Waals surface area contributed by atoms with Crippen molar-refractivity contribution in [2.45, 2.75) is 6.92 Å². The Hall–Kier alpha value is -3.10. The van der Waals surface area contributed by atoms with Gasteiger partial charge in [-0.3, -0.25) is 4.79 Å². The van der Waals surface area contributed by atoms with E-state index in [4.69, 9.17) is 26.0 Å². The van der Waals surface area contributed by atoms with Crippen LogP contribution in [0.5, 0.6) is 5.88 Å². The van der Waals surface area contributed by atoms with Gasteiger partial charge in [0.05, 0.1) is 12.2 Å². The van der Waals surface area contributed by atoms with Crippen molar-refractivity contribution in [3.8, 4) is 17.1 Å². The first-order chi connectivity index (χ1) is 13.0. The number of carbonyl (C=O) groups excluding carboxylic acids is 2. The van der Waals surface area contributed by atoms with Gasteiger partial charge < -0.3 is 24.7 Å². The van der Waals surface area contributed by atoms with Crippen LogP contribution in [-0.2, 0) is 0 Å². The molecule has 2 heterocycles. The quantitative estimate of drug-likeness (QED) is 0.558. The molecule has 1 amide bonds. The van der Waals surface area contributed by atoms with E-state index in [1.165, 1.54) is 12.3 Å². The third-order valence-corrected chi connectivity index (χ3v) is 3.96. The summed E-state index contributed by atoms with van der Waals surface area (Å²) in [4.78, 5) is 27.1. The predicted molar refractivity (Wildman–Crippen MR) is 97.0 cm³/mol. The number of aliphatic hydroxyl groups excluding tert-OH is 1. The van der Waals surface area contributed by atoms with Crippen molar-refractivity contribution in [3.63, 3.8) is 0 Å². The summed E-state index contributed by atoms with van der Waals surface area (Å²) < 4.78 is 10.2. The van der Waals surface area contributed by atoms with Crippen molar-refractivity contribution >= 4 is 23.5 Å². The summed E-state index contributed by atoms with van der Waals surface area (Å²) in [6.07, 6.45) is 0.683. The molecule has 140 valence electrons. The standard InChI is InChI=1S/C18H16ClN3O5/c1-10-15(16(22-27-10)11-2-4-13(19)5-3-11)17(24)12-8-14(21-9-12)26-18(25)20-6-7-23/h2-5,8-9,21,23H,6-7H2,1H3,(H,20,25). The maximum Gasteiger partial charge on any atom is 0.413 e. The zero-order valence-electron chi connectivity index (χ0n) is 14.3. The van der Waals surface area contributed by atoms with Gasteiger partial charge in [0.2, 0.25) is 11.7 Å². The largest absolute Gasteiger partial charge is 0.413 e. The lowest BCUT2D eigenvalue weighted by atomic mass is 10.00. The third-order valence-electron chi connectivity index (χ3n) is 3.71. The number of ketones is 1. The molecule has 3 N–H and O–H groups in total. The van der Waals surface area contributed by atoms with Crippen molar-refractivity contribution in [2.75, 3.05) is 13.2 Å². The average Bonchev–Trinajstić information content (AvgIpc) is 3.27. The Morgan fingerprint density at radius 1 is 1.33 bits per heavy atom. The van der Waals surface area contributed by atoms with E-state index in [2.05, 4.69) is 15.5 Å². The molecule has 0 saturated carbocycles. The van der Waals surface area contributed by atoms with Gasteiger partial charge in [0, 0.05) is 35.0 Å². The van der Waals surface area contributed by atoms with Gasteiger partial charge in [-0.05, 0) is 19.1 Å². The minimum absolute atomic E-state index is 0.0651. The van der Waals surface area contributed by atoms with Crippen LogP contribution in [0.3, 0.4) is 0 Å². The lowest BCUT2D eigenvalue weighted by molar-refractivity contribution is 0.103. The van der Waals surface area contributed by atoms with Crippen molar-refractivity contribution < 1.29 is 24.0 Å². The Morgan fingerprint density at radius 2 is 2.07 bits per heavy atom. The molecule has 0 atom stereocenters.